The van der Waals surface area contributed by atoms with Crippen LogP contribution in [0.15, 0.2) is 48.0 Å². The summed E-state index contributed by atoms with van der Waals surface area (Å²) >= 11 is 6.65. The number of piperidine rings is 1. The second kappa shape index (κ2) is 11.7. The van der Waals surface area contributed by atoms with Gasteiger partial charge in [0.1, 0.15) is 5.52 Å². The molecule has 3 aromatic heterocycles. The molecule has 1 aliphatic rings. The molecule has 12 nitrogen and oxygen atoms in total. The van der Waals surface area contributed by atoms with Gasteiger partial charge in [0.15, 0.2) is 32.7 Å². The van der Waals surface area contributed by atoms with Crippen LogP contribution in [0.4, 0.5) is 23.1 Å². The predicted molar refractivity (Wildman–Crippen MR) is 165 cm³/mol. The topological polar surface area (TPSA) is 135 Å². The van der Waals surface area contributed by atoms with Gasteiger partial charge in [-0.1, -0.05) is 0 Å². The van der Waals surface area contributed by atoms with Crippen LogP contribution in [-0.2, 0) is 11.8 Å². The number of thiazole rings is 1. The monoisotopic (exact) mass is 603 g/mol. The third kappa shape index (κ3) is 5.50. The number of nitrogens with one attached hydrogen (secondary N) is 3. The van der Waals surface area contributed by atoms with Gasteiger partial charge in [0.25, 0.3) is 0 Å². The molecule has 6 rings (SSSR count). The van der Waals surface area contributed by atoms with Crippen molar-refractivity contribution in [3.8, 4) is 22.9 Å². The first-order valence-electron chi connectivity index (χ1n) is 13.3. The number of amides is 1. The average molecular weight is 604 g/mol. The molecule has 216 valence electrons. The zero-order valence-electron chi connectivity index (χ0n) is 23.2. The Bertz CT molecular complexity index is 1800. The summed E-state index contributed by atoms with van der Waals surface area (Å²) in [5.74, 6) is 2.87. The standard InChI is InChI=1S/C28H29N9O3S2/c1-36-24(34-35-28(36)41)16-6-8-18(9-7-16)31-25(38)17-5-4-12-37(14-17)27-32-23(22-26(33-27)42-15-29-22)30-19-10-11-20(39-2)21(13-19)40-3/h6-11,13,15,17H,4-5,12,14H2,1-3H3,(H,31,38)(H,35,41)(H,30,32,33). The van der Waals surface area contributed by atoms with Gasteiger partial charge in [-0.25, -0.2) is 4.98 Å². The highest BCUT2D eigenvalue weighted by atomic mass is 32.1. The van der Waals surface area contributed by atoms with Gasteiger partial charge in [0, 0.05) is 43.1 Å². The van der Waals surface area contributed by atoms with Crippen LogP contribution in [0.25, 0.3) is 21.7 Å². The number of aromatic nitrogens is 6. The van der Waals surface area contributed by atoms with Crippen molar-refractivity contribution in [3.05, 3.63) is 52.7 Å². The third-order valence-electron chi connectivity index (χ3n) is 7.20. The van der Waals surface area contributed by atoms with Crippen LogP contribution in [0.1, 0.15) is 12.8 Å². The number of nitrogens with zero attached hydrogens (tertiary/aromatic N) is 6. The molecule has 0 aliphatic carbocycles. The van der Waals surface area contributed by atoms with E-state index in [2.05, 4.69) is 30.7 Å². The Kier molecular flexibility index (Phi) is 7.71. The van der Waals surface area contributed by atoms with E-state index < -0.39 is 0 Å². The minimum Gasteiger partial charge on any atom is -0.493 e. The Balaban J connectivity index is 1.18. The summed E-state index contributed by atoms with van der Waals surface area (Å²) in [5.41, 5.74) is 4.84. The van der Waals surface area contributed by atoms with Crippen molar-refractivity contribution < 1.29 is 14.3 Å². The molecule has 1 amide bonds. The number of carbonyl (C=O) groups excluding carboxylic acids is 1. The van der Waals surface area contributed by atoms with Crippen LogP contribution in [0.3, 0.4) is 0 Å². The second-order valence-electron chi connectivity index (χ2n) is 9.84. The summed E-state index contributed by atoms with van der Waals surface area (Å²) in [5, 5.41) is 13.5. The van der Waals surface area contributed by atoms with Gasteiger partial charge in [0.2, 0.25) is 11.9 Å². The highest BCUT2D eigenvalue weighted by Gasteiger charge is 2.28. The molecule has 0 radical (unpaired) electrons. The number of aromatic amines is 1. The zero-order chi connectivity index (χ0) is 29.2. The van der Waals surface area contributed by atoms with Crippen molar-refractivity contribution in [1.82, 2.24) is 29.7 Å². The first-order valence-corrected chi connectivity index (χ1v) is 14.6. The van der Waals surface area contributed by atoms with Crippen LogP contribution in [0.2, 0.25) is 0 Å². The molecule has 1 aliphatic heterocycles. The number of fused-ring (bicyclic) bond motifs is 1. The number of anilines is 4. The maximum absolute atomic E-state index is 13.3. The first kappa shape index (κ1) is 27.6. The molecule has 1 unspecified atom stereocenters. The molecule has 1 atom stereocenters. The van der Waals surface area contributed by atoms with Crippen molar-refractivity contribution in [2.24, 2.45) is 13.0 Å². The fourth-order valence-corrected chi connectivity index (χ4v) is 5.74. The van der Waals surface area contributed by atoms with Crippen molar-refractivity contribution in [1.29, 1.82) is 0 Å². The lowest BCUT2D eigenvalue weighted by molar-refractivity contribution is -0.120. The van der Waals surface area contributed by atoms with Crippen LogP contribution in [-0.4, -0.2) is 62.9 Å². The molecule has 42 heavy (non-hydrogen) atoms. The second-order valence-corrected chi connectivity index (χ2v) is 11.1. The van der Waals surface area contributed by atoms with Gasteiger partial charge in [-0.3, -0.25) is 9.89 Å². The molecular weight excluding hydrogens is 575 g/mol. The predicted octanol–water partition coefficient (Wildman–Crippen LogP) is 5.16. The summed E-state index contributed by atoms with van der Waals surface area (Å²) in [4.78, 5) is 30.2. The Labute approximate surface area is 250 Å². The quantitative estimate of drug-likeness (QED) is 0.204. The summed E-state index contributed by atoms with van der Waals surface area (Å²) in [6, 6.07) is 13.1. The Hall–Kier alpha value is -4.56. The van der Waals surface area contributed by atoms with Gasteiger partial charge in [0.05, 0.1) is 25.6 Å². The third-order valence-corrected chi connectivity index (χ3v) is 8.28. The molecule has 3 N–H and O–H groups in total. The number of rotatable bonds is 8. The Morgan fingerprint density at radius 3 is 2.62 bits per heavy atom. The summed E-state index contributed by atoms with van der Waals surface area (Å²) < 4.78 is 13.2. The minimum absolute atomic E-state index is 0.0341. The van der Waals surface area contributed by atoms with E-state index in [1.165, 1.54) is 11.3 Å². The van der Waals surface area contributed by atoms with Crippen LogP contribution < -0.4 is 25.0 Å². The minimum atomic E-state index is -0.214. The van der Waals surface area contributed by atoms with E-state index in [4.69, 9.17) is 31.7 Å². The normalized spacial score (nSPS) is 15.0. The smallest absolute Gasteiger partial charge is 0.229 e. The van der Waals surface area contributed by atoms with Gasteiger partial charge in [-0.05, 0) is 61.5 Å². The van der Waals surface area contributed by atoms with Gasteiger partial charge in [-0.2, -0.15) is 15.1 Å². The van der Waals surface area contributed by atoms with Crippen LogP contribution >= 0.6 is 23.6 Å². The van der Waals surface area contributed by atoms with Gasteiger partial charge >= 0.3 is 0 Å². The summed E-state index contributed by atoms with van der Waals surface area (Å²) in [6.07, 6.45) is 1.63. The summed E-state index contributed by atoms with van der Waals surface area (Å²) in [6.45, 7) is 1.26. The van der Waals surface area contributed by atoms with Crippen molar-refractivity contribution >= 4 is 62.9 Å². The fraction of sp³-hybridized carbons (Fsp3) is 0.286. The Morgan fingerprint density at radius 2 is 1.88 bits per heavy atom. The average Bonchev–Trinajstić information content (AvgIpc) is 3.63. The van der Waals surface area contributed by atoms with Crippen molar-refractivity contribution in [2.75, 3.05) is 42.8 Å². The molecular formula is C28H29N9O3S2. The summed E-state index contributed by atoms with van der Waals surface area (Å²) in [7, 11) is 5.05. The fourth-order valence-electron chi connectivity index (χ4n) is 4.95. The molecule has 14 heteroatoms. The van der Waals surface area contributed by atoms with Crippen molar-refractivity contribution in [2.45, 2.75) is 12.8 Å². The van der Waals surface area contributed by atoms with E-state index >= 15 is 0 Å². The largest absolute Gasteiger partial charge is 0.493 e. The highest BCUT2D eigenvalue weighted by Crippen LogP contribution is 2.34. The lowest BCUT2D eigenvalue weighted by atomic mass is 9.97. The lowest BCUT2D eigenvalue weighted by Crippen LogP contribution is -2.41. The van der Waals surface area contributed by atoms with E-state index in [0.717, 1.165) is 47.0 Å². The van der Waals surface area contributed by atoms with E-state index in [0.29, 0.717) is 40.1 Å². The number of benzene rings is 2. The van der Waals surface area contributed by atoms with Crippen LogP contribution in [0.5, 0.6) is 11.5 Å². The highest BCUT2D eigenvalue weighted by molar-refractivity contribution is 7.71. The van der Waals surface area contributed by atoms with E-state index in [1.807, 2.05) is 49.5 Å². The molecule has 1 fully saturated rings. The number of hydrogen-bond acceptors (Lipinski definition) is 11. The van der Waals surface area contributed by atoms with E-state index in [9.17, 15) is 4.79 Å². The molecule has 0 bridgehead atoms. The van der Waals surface area contributed by atoms with Crippen LogP contribution in [0, 0.1) is 10.7 Å². The maximum atomic E-state index is 13.3. The molecule has 4 heterocycles. The lowest BCUT2D eigenvalue weighted by Gasteiger charge is -2.32. The number of carbonyl (C=O) groups is 1. The first-order chi connectivity index (χ1) is 20.4. The molecule has 2 aromatic carbocycles. The SMILES string of the molecule is COc1ccc(Nc2nc(N3CCCC(C(=O)Nc4ccc(-c5n[nH]c(=S)n5C)cc4)C3)nc3scnc23)cc1OC. The van der Waals surface area contributed by atoms with Crippen molar-refractivity contribution in [3.63, 3.8) is 0 Å². The van der Waals surface area contributed by atoms with E-state index in [-0.39, 0.29) is 11.8 Å². The number of methoxy groups -OCH3 is 2. The number of H-pyrrole nitrogens is 1. The molecule has 5 aromatic rings. The molecule has 0 spiro atoms. The zero-order valence-corrected chi connectivity index (χ0v) is 24.9. The Morgan fingerprint density at radius 1 is 1.10 bits per heavy atom. The molecule has 0 saturated carbocycles. The number of hydrogen-bond donors (Lipinski definition) is 3. The van der Waals surface area contributed by atoms with Gasteiger partial charge < -0.3 is 29.6 Å². The number of ether oxygens (including phenoxy) is 2. The molecule has 1 saturated heterocycles. The van der Waals surface area contributed by atoms with E-state index in [1.54, 1.807) is 24.3 Å². The van der Waals surface area contributed by atoms with Gasteiger partial charge in [-0.15, -0.1) is 11.3 Å². The maximum Gasteiger partial charge on any atom is 0.229 e.